The number of nitrogens with one attached hydrogen (secondary N) is 3. The standard InChI is InChI=1S/C28H29N3O2/c32-26-22(10-11-23(29-26)21-6-2-1-3-7-21)27(33)30-24-8-4-5-9-25(24)31-28-15-18-12-19(16-28)14-20(13-18)17-28/h1-11,18-20,31H,12-17H2,(H,29,32)(H,30,33). The topological polar surface area (TPSA) is 74.0 Å². The van der Waals surface area contributed by atoms with Gasteiger partial charge in [0, 0.05) is 11.2 Å². The molecule has 0 radical (unpaired) electrons. The normalized spacial score (nSPS) is 27.3. The van der Waals surface area contributed by atoms with E-state index in [1.54, 1.807) is 12.1 Å². The first-order valence-corrected chi connectivity index (χ1v) is 12.0. The zero-order valence-electron chi connectivity index (χ0n) is 18.6. The van der Waals surface area contributed by atoms with Crippen LogP contribution in [0, 0.1) is 17.8 Å². The molecule has 4 aliphatic rings. The molecular weight excluding hydrogens is 410 g/mol. The number of pyridine rings is 1. The van der Waals surface area contributed by atoms with E-state index in [1.807, 2.05) is 54.6 Å². The molecular formula is C28H29N3O2. The van der Waals surface area contributed by atoms with Crippen LogP contribution in [0.5, 0.6) is 0 Å². The molecule has 5 nitrogen and oxygen atoms in total. The van der Waals surface area contributed by atoms with Crippen molar-refractivity contribution in [2.45, 2.75) is 44.1 Å². The van der Waals surface area contributed by atoms with Gasteiger partial charge in [0.1, 0.15) is 5.56 Å². The van der Waals surface area contributed by atoms with E-state index < -0.39 is 5.91 Å². The molecule has 1 aromatic heterocycles. The van der Waals surface area contributed by atoms with Gasteiger partial charge >= 0.3 is 0 Å². The van der Waals surface area contributed by atoms with Crippen LogP contribution in [0.25, 0.3) is 11.3 Å². The molecule has 1 amide bonds. The summed E-state index contributed by atoms with van der Waals surface area (Å²) < 4.78 is 0. The maximum atomic E-state index is 13.0. The second-order valence-corrected chi connectivity index (χ2v) is 10.3. The van der Waals surface area contributed by atoms with E-state index in [0.717, 1.165) is 34.7 Å². The summed E-state index contributed by atoms with van der Waals surface area (Å²) in [5.74, 6) is 2.13. The second-order valence-electron chi connectivity index (χ2n) is 10.3. The van der Waals surface area contributed by atoms with Crippen LogP contribution in [0.15, 0.2) is 71.5 Å². The highest BCUT2D eigenvalue weighted by atomic mass is 16.2. The van der Waals surface area contributed by atoms with Gasteiger partial charge in [0.2, 0.25) is 0 Å². The summed E-state index contributed by atoms with van der Waals surface area (Å²) in [5, 5.41) is 6.84. The largest absolute Gasteiger partial charge is 0.378 e. The van der Waals surface area contributed by atoms with E-state index in [1.165, 1.54) is 38.5 Å². The molecule has 0 spiro atoms. The van der Waals surface area contributed by atoms with Crippen LogP contribution < -0.4 is 16.2 Å². The first kappa shape index (κ1) is 20.3. The van der Waals surface area contributed by atoms with Crippen LogP contribution in [-0.2, 0) is 0 Å². The Balaban J connectivity index is 1.23. The number of aromatic nitrogens is 1. The van der Waals surface area contributed by atoms with Crippen molar-refractivity contribution >= 4 is 17.3 Å². The Bertz CT molecular complexity index is 1210. The summed E-state index contributed by atoms with van der Waals surface area (Å²) in [5.41, 5.74) is 3.15. The fourth-order valence-electron chi connectivity index (χ4n) is 6.88. The van der Waals surface area contributed by atoms with E-state index >= 15 is 0 Å². The third-order valence-electron chi connectivity index (χ3n) is 7.85. The Hall–Kier alpha value is -3.34. The number of aromatic amines is 1. The van der Waals surface area contributed by atoms with Crippen LogP contribution in [-0.4, -0.2) is 16.4 Å². The van der Waals surface area contributed by atoms with Gasteiger partial charge < -0.3 is 15.6 Å². The molecule has 1 heterocycles. The van der Waals surface area contributed by atoms with Crippen molar-refractivity contribution in [3.8, 4) is 11.3 Å². The quantitative estimate of drug-likeness (QED) is 0.479. The Labute approximate surface area is 193 Å². The molecule has 4 fully saturated rings. The number of carbonyl (C=O) groups is 1. The maximum absolute atomic E-state index is 13.0. The van der Waals surface area contributed by atoms with Gasteiger partial charge in [0.15, 0.2) is 0 Å². The smallest absolute Gasteiger partial charge is 0.261 e. The van der Waals surface area contributed by atoms with Gasteiger partial charge in [-0.2, -0.15) is 0 Å². The van der Waals surface area contributed by atoms with E-state index in [0.29, 0.717) is 5.69 Å². The minimum Gasteiger partial charge on any atom is -0.378 e. The summed E-state index contributed by atoms with van der Waals surface area (Å²) in [4.78, 5) is 28.6. The number of carbonyl (C=O) groups excluding carboxylic acids is 1. The summed E-state index contributed by atoms with van der Waals surface area (Å²) in [6, 6.07) is 20.9. The second kappa shape index (κ2) is 7.91. The molecule has 4 saturated carbocycles. The van der Waals surface area contributed by atoms with Gasteiger partial charge in [-0.25, -0.2) is 0 Å². The third-order valence-corrected chi connectivity index (χ3v) is 7.85. The highest BCUT2D eigenvalue weighted by Crippen LogP contribution is 2.56. The van der Waals surface area contributed by atoms with Crippen LogP contribution in [0.2, 0.25) is 0 Å². The molecule has 33 heavy (non-hydrogen) atoms. The average Bonchev–Trinajstić information content (AvgIpc) is 2.80. The van der Waals surface area contributed by atoms with Crippen molar-refractivity contribution in [2.24, 2.45) is 17.8 Å². The van der Waals surface area contributed by atoms with Crippen LogP contribution in [0.1, 0.15) is 48.9 Å². The average molecular weight is 440 g/mol. The number of para-hydroxylation sites is 2. The van der Waals surface area contributed by atoms with E-state index in [4.69, 9.17) is 0 Å². The molecule has 3 aromatic rings. The molecule has 4 bridgehead atoms. The summed E-state index contributed by atoms with van der Waals surface area (Å²) in [6.45, 7) is 0. The summed E-state index contributed by atoms with van der Waals surface area (Å²) in [7, 11) is 0. The van der Waals surface area contributed by atoms with Gasteiger partial charge in [-0.05, 0) is 86.1 Å². The first-order chi connectivity index (χ1) is 16.1. The molecule has 0 saturated heterocycles. The Morgan fingerprint density at radius 3 is 2.03 bits per heavy atom. The summed E-state index contributed by atoms with van der Waals surface area (Å²) in [6.07, 6.45) is 7.84. The van der Waals surface area contributed by atoms with Crippen molar-refractivity contribution in [3.63, 3.8) is 0 Å². The lowest BCUT2D eigenvalue weighted by atomic mass is 9.53. The minimum absolute atomic E-state index is 0.110. The fraction of sp³-hybridized carbons (Fsp3) is 0.357. The Morgan fingerprint density at radius 2 is 1.39 bits per heavy atom. The van der Waals surface area contributed by atoms with Crippen LogP contribution in [0.4, 0.5) is 11.4 Å². The van der Waals surface area contributed by atoms with E-state index in [-0.39, 0.29) is 16.7 Å². The van der Waals surface area contributed by atoms with Gasteiger partial charge in [0.05, 0.1) is 11.4 Å². The maximum Gasteiger partial charge on any atom is 0.261 e. The number of rotatable bonds is 5. The van der Waals surface area contributed by atoms with Gasteiger partial charge in [-0.3, -0.25) is 9.59 Å². The van der Waals surface area contributed by atoms with Crippen molar-refractivity contribution < 1.29 is 4.79 Å². The molecule has 5 heteroatoms. The molecule has 0 unspecified atom stereocenters. The van der Waals surface area contributed by atoms with Crippen LogP contribution >= 0.6 is 0 Å². The zero-order chi connectivity index (χ0) is 22.4. The SMILES string of the molecule is O=C(Nc1ccccc1NC12CC3CC(CC(C3)C1)C2)c1ccc(-c2ccccc2)[nH]c1=O. The molecule has 168 valence electrons. The molecule has 2 aromatic carbocycles. The van der Waals surface area contributed by atoms with Crippen LogP contribution in [0.3, 0.4) is 0 Å². The fourth-order valence-corrected chi connectivity index (χ4v) is 6.88. The predicted octanol–water partition coefficient (Wildman–Crippen LogP) is 5.67. The van der Waals surface area contributed by atoms with E-state index in [9.17, 15) is 9.59 Å². The number of amides is 1. The predicted molar refractivity (Wildman–Crippen MR) is 131 cm³/mol. The van der Waals surface area contributed by atoms with Gasteiger partial charge in [-0.1, -0.05) is 42.5 Å². The van der Waals surface area contributed by atoms with Gasteiger partial charge in [-0.15, -0.1) is 0 Å². The molecule has 4 aliphatic carbocycles. The highest BCUT2D eigenvalue weighted by Gasteiger charge is 2.51. The number of benzene rings is 2. The molecule has 0 aliphatic heterocycles. The van der Waals surface area contributed by atoms with E-state index in [2.05, 4.69) is 15.6 Å². The first-order valence-electron chi connectivity index (χ1n) is 12.0. The van der Waals surface area contributed by atoms with Crippen molar-refractivity contribution in [1.29, 1.82) is 0 Å². The number of H-pyrrole nitrogens is 1. The molecule has 7 rings (SSSR count). The lowest BCUT2D eigenvalue weighted by Crippen LogP contribution is -2.54. The van der Waals surface area contributed by atoms with Crippen molar-refractivity contribution in [3.05, 3.63) is 82.6 Å². The number of hydrogen-bond acceptors (Lipinski definition) is 3. The lowest BCUT2D eigenvalue weighted by molar-refractivity contribution is 0.0107. The van der Waals surface area contributed by atoms with Crippen molar-refractivity contribution in [2.75, 3.05) is 10.6 Å². The van der Waals surface area contributed by atoms with Crippen molar-refractivity contribution in [1.82, 2.24) is 4.98 Å². The lowest BCUT2D eigenvalue weighted by Gasteiger charge is -2.57. The number of anilines is 2. The molecule has 3 N–H and O–H groups in total. The highest BCUT2D eigenvalue weighted by molar-refractivity contribution is 6.05. The monoisotopic (exact) mass is 439 g/mol. The summed E-state index contributed by atoms with van der Waals surface area (Å²) >= 11 is 0. The Kier molecular flexibility index (Phi) is 4.86. The Morgan fingerprint density at radius 1 is 0.788 bits per heavy atom. The third kappa shape index (κ3) is 3.86. The number of hydrogen-bond donors (Lipinski definition) is 3. The minimum atomic E-state index is -0.393. The molecule has 0 atom stereocenters. The van der Waals surface area contributed by atoms with Gasteiger partial charge in [0.25, 0.3) is 11.5 Å². The zero-order valence-corrected chi connectivity index (χ0v) is 18.6.